The van der Waals surface area contributed by atoms with Gasteiger partial charge in [-0.3, -0.25) is 4.79 Å². The van der Waals surface area contributed by atoms with Gasteiger partial charge in [0.15, 0.2) is 0 Å². The first kappa shape index (κ1) is 17.1. The number of hydrogen-bond acceptors (Lipinski definition) is 5. The number of anilines is 1. The third-order valence-electron chi connectivity index (χ3n) is 2.50. The maximum Gasteiger partial charge on any atom is 0.305 e. The van der Waals surface area contributed by atoms with E-state index in [0.717, 1.165) is 23.0 Å². The molecule has 1 aromatic carbocycles. The van der Waals surface area contributed by atoms with Gasteiger partial charge >= 0.3 is 5.97 Å². The van der Waals surface area contributed by atoms with Gasteiger partial charge < -0.3 is 20.0 Å². The van der Waals surface area contributed by atoms with Gasteiger partial charge in [-0.1, -0.05) is 6.07 Å². The van der Waals surface area contributed by atoms with Gasteiger partial charge in [-0.15, -0.1) is 0 Å². The molecule has 0 heterocycles. The van der Waals surface area contributed by atoms with E-state index in [0.29, 0.717) is 5.69 Å². The van der Waals surface area contributed by atoms with E-state index >= 15 is 0 Å². The van der Waals surface area contributed by atoms with Gasteiger partial charge in [0.25, 0.3) is 0 Å². The molecule has 0 aliphatic carbocycles. The highest BCUT2D eigenvalue weighted by molar-refractivity contribution is 5.66. The minimum absolute atomic E-state index is 0.381. The number of aldehydes is 1. The van der Waals surface area contributed by atoms with Crippen molar-refractivity contribution in [1.29, 1.82) is 0 Å². The van der Waals surface area contributed by atoms with E-state index in [1.165, 1.54) is 21.0 Å². The van der Waals surface area contributed by atoms with Crippen molar-refractivity contribution in [2.24, 2.45) is 0 Å². The molecule has 2 N–H and O–H groups in total. The van der Waals surface area contributed by atoms with Crippen molar-refractivity contribution >= 4 is 17.9 Å². The van der Waals surface area contributed by atoms with Gasteiger partial charge in [-0.05, 0) is 38.0 Å². The lowest BCUT2D eigenvalue weighted by Crippen LogP contribution is -2.14. The average molecular weight is 267 g/mol. The van der Waals surface area contributed by atoms with Crippen LogP contribution >= 0.6 is 0 Å². The molecule has 5 nitrogen and oxygen atoms in total. The number of carbonyl (C=O) groups excluding carboxylic acids is 2. The van der Waals surface area contributed by atoms with Crippen LogP contribution < -0.4 is 5.73 Å². The van der Waals surface area contributed by atoms with E-state index < -0.39 is 6.29 Å². The second-order valence-electron chi connectivity index (χ2n) is 3.92. The van der Waals surface area contributed by atoms with Crippen molar-refractivity contribution in [2.45, 2.75) is 34.0 Å². The summed E-state index contributed by atoms with van der Waals surface area (Å²) in [5, 5.41) is 0. The van der Waals surface area contributed by atoms with Crippen LogP contribution in [-0.2, 0) is 19.1 Å². The molecule has 5 heteroatoms. The molecule has 0 amide bonds. The van der Waals surface area contributed by atoms with Crippen LogP contribution in [-0.4, -0.2) is 19.4 Å². The van der Waals surface area contributed by atoms with Crippen LogP contribution in [0.1, 0.15) is 36.8 Å². The first-order valence-electron chi connectivity index (χ1n) is 5.84. The third kappa shape index (κ3) is 5.09. The number of esters is 1. The van der Waals surface area contributed by atoms with Crippen LogP contribution in [0.4, 0.5) is 5.69 Å². The second-order valence-corrected chi connectivity index (χ2v) is 3.92. The lowest BCUT2D eigenvalue weighted by atomic mass is 10.0. The van der Waals surface area contributed by atoms with E-state index in [-0.39, 0.29) is 5.97 Å². The molecule has 106 valence electrons. The number of carbonyl (C=O) groups is 2. The maximum absolute atomic E-state index is 11.0. The third-order valence-corrected chi connectivity index (χ3v) is 2.50. The number of ether oxygens (including phenoxy) is 2. The second kappa shape index (κ2) is 8.26. The van der Waals surface area contributed by atoms with E-state index in [2.05, 4.69) is 0 Å². The Hall–Kier alpha value is -1.88. The molecule has 1 atom stereocenters. The molecule has 1 rings (SSSR count). The summed E-state index contributed by atoms with van der Waals surface area (Å²) in [6.45, 7) is 6.60. The predicted octanol–water partition coefficient (Wildman–Crippen LogP) is 2.30. The smallest absolute Gasteiger partial charge is 0.305 e. The topological polar surface area (TPSA) is 78.6 Å². The van der Waals surface area contributed by atoms with Crippen LogP contribution in [0.3, 0.4) is 0 Å². The van der Waals surface area contributed by atoms with Crippen molar-refractivity contribution in [3.05, 3.63) is 28.8 Å². The van der Waals surface area contributed by atoms with Gasteiger partial charge in [-0.2, -0.15) is 0 Å². The lowest BCUT2D eigenvalue weighted by Gasteiger charge is -2.20. The summed E-state index contributed by atoms with van der Waals surface area (Å²) < 4.78 is 10.3. The van der Waals surface area contributed by atoms with E-state index in [1.54, 1.807) is 0 Å². The zero-order valence-electron chi connectivity index (χ0n) is 12.0. The van der Waals surface area contributed by atoms with Gasteiger partial charge in [0, 0.05) is 25.3 Å². The van der Waals surface area contributed by atoms with Crippen LogP contribution in [0.5, 0.6) is 0 Å². The highest BCUT2D eigenvalue weighted by Crippen LogP contribution is 2.29. The SMILES string of the molecule is CC=O.COC(OC(C)=O)c1c(C)ccc(N)c1C. The molecular formula is C14H21NO4. The molecule has 0 bridgehead atoms. The molecule has 19 heavy (non-hydrogen) atoms. The van der Waals surface area contributed by atoms with Gasteiger partial charge in [0.2, 0.25) is 6.29 Å². The van der Waals surface area contributed by atoms with Crippen LogP contribution in [0.25, 0.3) is 0 Å². The Bertz CT molecular complexity index is 443. The predicted molar refractivity (Wildman–Crippen MR) is 73.6 cm³/mol. The molecule has 0 saturated heterocycles. The number of methoxy groups -OCH3 is 1. The van der Waals surface area contributed by atoms with Crippen molar-refractivity contribution in [3.63, 3.8) is 0 Å². The quantitative estimate of drug-likeness (QED) is 0.393. The zero-order chi connectivity index (χ0) is 15.0. The van der Waals surface area contributed by atoms with Crippen molar-refractivity contribution < 1.29 is 19.1 Å². The van der Waals surface area contributed by atoms with E-state index in [1.807, 2.05) is 26.0 Å². The van der Waals surface area contributed by atoms with Crippen molar-refractivity contribution in [2.75, 3.05) is 12.8 Å². The normalized spacial score (nSPS) is 11.0. The Morgan fingerprint density at radius 3 is 2.32 bits per heavy atom. The van der Waals surface area contributed by atoms with Crippen LogP contribution in [0.15, 0.2) is 12.1 Å². The molecular weight excluding hydrogens is 246 g/mol. The first-order valence-corrected chi connectivity index (χ1v) is 5.84. The number of aryl methyl sites for hydroxylation is 1. The summed E-state index contributed by atoms with van der Waals surface area (Å²) in [6.07, 6.45) is 0.0565. The number of hydrogen-bond donors (Lipinski definition) is 1. The molecule has 0 saturated carbocycles. The summed E-state index contributed by atoms with van der Waals surface area (Å²) in [4.78, 5) is 19.8. The number of rotatable bonds is 3. The Labute approximate surface area is 113 Å². The number of nitrogen functional groups attached to an aromatic ring is 1. The van der Waals surface area contributed by atoms with E-state index in [9.17, 15) is 4.79 Å². The fourth-order valence-electron chi connectivity index (χ4n) is 1.62. The monoisotopic (exact) mass is 267 g/mol. The fourth-order valence-corrected chi connectivity index (χ4v) is 1.62. The van der Waals surface area contributed by atoms with Gasteiger partial charge in [0.1, 0.15) is 6.29 Å². The largest absolute Gasteiger partial charge is 0.431 e. The number of benzene rings is 1. The molecule has 0 fully saturated rings. The molecule has 0 spiro atoms. The lowest BCUT2D eigenvalue weighted by molar-refractivity contribution is -0.172. The summed E-state index contributed by atoms with van der Waals surface area (Å²) in [7, 11) is 1.50. The van der Waals surface area contributed by atoms with E-state index in [4.69, 9.17) is 20.0 Å². The summed E-state index contributed by atoms with van der Waals surface area (Å²) in [5.41, 5.74) is 9.16. The van der Waals surface area contributed by atoms with Gasteiger partial charge in [0.05, 0.1) is 0 Å². The van der Waals surface area contributed by atoms with Crippen LogP contribution in [0, 0.1) is 13.8 Å². The van der Waals surface area contributed by atoms with Crippen LogP contribution in [0.2, 0.25) is 0 Å². The highest BCUT2D eigenvalue weighted by atomic mass is 16.7. The average Bonchev–Trinajstić information content (AvgIpc) is 2.33. The maximum atomic E-state index is 11.0. The minimum atomic E-state index is -0.694. The molecule has 0 aliphatic rings. The molecule has 0 aromatic heterocycles. The Balaban J connectivity index is 0.000000982. The van der Waals surface area contributed by atoms with Gasteiger partial charge in [-0.25, -0.2) is 0 Å². The highest BCUT2D eigenvalue weighted by Gasteiger charge is 2.19. The number of nitrogens with two attached hydrogens (primary N) is 1. The summed E-state index contributed by atoms with van der Waals surface area (Å²) in [6, 6.07) is 3.71. The molecule has 1 aromatic rings. The summed E-state index contributed by atoms with van der Waals surface area (Å²) in [5.74, 6) is -0.381. The van der Waals surface area contributed by atoms with Crippen molar-refractivity contribution in [3.8, 4) is 0 Å². The van der Waals surface area contributed by atoms with Crippen molar-refractivity contribution in [1.82, 2.24) is 0 Å². The first-order chi connectivity index (χ1) is 8.88. The Kier molecular flexibility index (Phi) is 7.44. The zero-order valence-corrected chi connectivity index (χ0v) is 12.0. The molecule has 0 aliphatic heterocycles. The summed E-state index contributed by atoms with van der Waals surface area (Å²) >= 11 is 0. The standard InChI is InChI=1S/C12H17NO3.C2H4O/c1-7-5-6-10(13)8(2)11(7)12(15-4)16-9(3)14;1-2-3/h5-6,12H,13H2,1-4H3;2H,1H3. The Morgan fingerprint density at radius 1 is 1.37 bits per heavy atom. The Morgan fingerprint density at radius 2 is 1.89 bits per heavy atom. The fraction of sp³-hybridized carbons (Fsp3) is 0.429. The molecule has 1 unspecified atom stereocenters. The minimum Gasteiger partial charge on any atom is -0.431 e. The molecule has 0 radical (unpaired) electrons.